The second kappa shape index (κ2) is 6.95. The fourth-order valence-electron chi connectivity index (χ4n) is 2.56. The minimum absolute atomic E-state index is 0.0785. The van der Waals surface area contributed by atoms with Gasteiger partial charge in [0.05, 0.1) is 11.4 Å². The predicted molar refractivity (Wildman–Crippen MR) is 106 cm³/mol. The smallest absolute Gasteiger partial charge is 0.184 e. The molecule has 124 valence electrons. The van der Waals surface area contributed by atoms with E-state index < -0.39 is 0 Å². The first kappa shape index (κ1) is 16.3. The Balaban J connectivity index is 1.52. The van der Waals surface area contributed by atoms with E-state index in [4.69, 9.17) is 12.2 Å². The second-order valence-electron chi connectivity index (χ2n) is 5.34. The van der Waals surface area contributed by atoms with Gasteiger partial charge in [0.15, 0.2) is 14.1 Å². The summed E-state index contributed by atoms with van der Waals surface area (Å²) in [5.41, 5.74) is 2.62. The summed E-state index contributed by atoms with van der Waals surface area (Å²) < 4.78 is 3.20. The minimum Gasteiger partial charge on any atom is -0.360 e. The highest BCUT2D eigenvalue weighted by Crippen LogP contribution is 2.26. The number of fused-ring (bicyclic) bond motifs is 1. The van der Waals surface area contributed by atoms with Gasteiger partial charge in [0.2, 0.25) is 0 Å². The van der Waals surface area contributed by atoms with Crippen molar-refractivity contribution in [3.63, 3.8) is 0 Å². The van der Waals surface area contributed by atoms with Crippen LogP contribution in [0.1, 0.15) is 10.4 Å². The number of rotatable bonds is 5. The molecule has 0 aliphatic carbocycles. The molecule has 2 aromatic carbocycles. The van der Waals surface area contributed by atoms with Crippen LogP contribution < -0.4 is 0 Å². The minimum atomic E-state index is 0.0785. The summed E-state index contributed by atoms with van der Waals surface area (Å²) in [6, 6.07) is 17.6. The number of ketones is 1. The molecule has 25 heavy (non-hydrogen) atoms. The standard InChI is InChI=1S/C18H13N3OS3/c22-16(14-10-19-15-9-5-4-8-13(14)15)11-24-17-20-21(18(23)25-17)12-6-2-1-3-7-12/h1-10,19H,11H2. The highest BCUT2D eigenvalue weighted by molar-refractivity contribution is 8.01. The van der Waals surface area contributed by atoms with Crippen LogP contribution in [0.4, 0.5) is 0 Å². The van der Waals surface area contributed by atoms with Crippen molar-refractivity contribution in [2.24, 2.45) is 0 Å². The Kier molecular flexibility index (Phi) is 4.52. The monoisotopic (exact) mass is 383 g/mol. The zero-order valence-corrected chi connectivity index (χ0v) is 15.5. The van der Waals surface area contributed by atoms with E-state index in [-0.39, 0.29) is 5.78 Å². The molecule has 0 bridgehead atoms. The molecule has 0 fully saturated rings. The van der Waals surface area contributed by atoms with E-state index in [0.29, 0.717) is 15.3 Å². The van der Waals surface area contributed by atoms with Crippen LogP contribution in [0.3, 0.4) is 0 Å². The number of hydrogen-bond acceptors (Lipinski definition) is 5. The van der Waals surface area contributed by atoms with Crippen LogP contribution in [-0.4, -0.2) is 26.3 Å². The fourth-order valence-corrected chi connectivity index (χ4v) is 4.80. The van der Waals surface area contributed by atoms with Gasteiger partial charge in [-0.2, -0.15) is 0 Å². The molecule has 7 heteroatoms. The van der Waals surface area contributed by atoms with Crippen molar-refractivity contribution >= 4 is 52.0 Å². The number of benzene rings is 2. The summed E-state index contributed by atoms with van der Waals surface area (Å²) in [4.78, 5) is 15.7. The van der Waals surface area contributed by atoms with Crippen LogP contribution in [0.5, 0.6) is 0 Å². The van der Waals surface area contributed by atoms with Gasteiger partial charge in [-0.3, -0.25) is 4.79 Å². The SMILES string of the molecule is O=C(CSc1nn(-c2ccccc2)c(=S)s1)c1c[nH]c2ccccc12. The van der Waals surface area contributed by atoms with E-state index in [1.165, 1.54) is 23.1 Å². The number of Topliss-reactive ketones (excluding diaryl/α,β-unsaturated/α-hetero) is 1. The van der Waals surface area contributed by atoms with Crippen LogP contribution in [-0.2, 0) is 0 Å². The molecule has 4 aromatic rings. The first-order valence-electron chi connectivity index (χ1n) is 7.60. The van der Waals surface area contributed by atoms with E-state index >= 15 is 0 Å². The first-order chi connectivity index (χ1) is 12.2. The Bertz CT molecular complexity index is 1100. The van der Waals surface area contributed by atoms with Crippen molar-refractivity contribution in [2.75, 3.05) is 5.75 Å². The van der Waals surface area contributed by atoms with Gasteiger partial charge < -0.3 is 4.98 Å². The average molecular weight is 384 g/mol. The highest BCUT2D eigenvalue weighted by atomic mass is 32.2. The Labute approximate surface area is 157 Å². The zero-order chi connectivity index (χ0) is 17.2. The summed E-state index contributed by atoms with van der Waals surface area (Å²) in [7, 11) is 0. The molecule has 0 radical (unpaired) electrons. The molecule has 0 saturated heterocycles. The Morgan fingerprint density at radius 2 is 1.92 bits per heavy atom. The van der Waals surface area contributed by atoms with Crippen molar-refractivity contribution in [1.82, 2.24) is 14.8 Å². The van der Waals surface area contributed by atoms with Crippen LogP contribution in [0.25, 0.3) is 16.6 Å². The first-order valence-corrected chi connectivity index (χ1v) is 9.81. The number of thioether (sulfide) groups is 1. The number of carbonyl (C=O) groups excluding carboxylic acids is 1. The number of nitrogens with zero attached hydrogens (tertiary/aromatic N) is 2. The maximum atomic E-state index is 12.6. The molecule has 0 saturated carbocycles. The fraction of sp³-hybridized carbons (Fsp3) is 0.0556. The molecule has 0 spiro atoms. The molecule has 0 amide bonds. The topological polar surface area (TPSA) is 50.7 Å². The van der Waals surface area contributed by atoms with Crippen molar-refractivity contribution in [1.29, 1.82) is 0 Å². The number of carbonyl (C=O) groups is 1. The zero-order valence-electron chi connectivity index (χ0n) is 13.0. The van der Waals surface area contributed by atoms with Crippen molar-refractivity contribution in [2.45, 2.75) is 4.34 Å². The van der Waals surface area contributed by atoms with Crippen LogP contribution in [0, 0.1) is 3.95 Å². The van der Waals surface area contributed by atoms with Gasteiger partial charge in [-0.15, -0.1) is 5.10 Å². The molecule has 2 heterocycles. The normalized spacial score (nSPS) is 11.0. The van der Waals surface area contributed by atoms with Gasteiger partial charge in [-0.1, -0.05) is 59.5 Å². The van der Waals surface area contributed by atoms with Gasteiger partial charge in [0.25, 0.3) is 0 Å². The van der Waals surface area contributed by atoms with Gasteiger partial charge in [-0.25, -0.2) is 4.68 Å². The lowest BCUT2D eigenvalue weighted by molar-refractivity contribution is 0.102. The average Bonchev–Trinajstić information content (AvgIpc) is 3.24. The third-order valence-corrected chi connectivity index (χ3v) is 6.11. The maximum absolute atomic E-state index is 12.6. The molecule has 4 nitrogen and oxygen atoms in total. The second-order valence-corrected chi connectivity index (χ2v) is 8.19. The molecular weight excluding hydrogens is 370 g/mol. The Morgan fingerprint density at radius 1 is 1.16 bits per heavy atom. The van der Waals surface area contributed by atoms with Gasteiger partial charge in [0, 0.05) is 22.7 Å². The summed E-state index contributed by atoms with van der Waals surface area (Å²) in [5.74, 6) is 0.411. The van der Waals surface area contributed by atoms with E-state index in [9.17, 15) is 4.79 Å². The van der Waals surface area contributed by atoms with Gasteiger partial charge >= 0.3 is 0 Å². The molecule has 4 rings (SSSR count). The number of hydrogen-bond donors (Lipinski definition) is 1. The third-order valence-electron chi connectivity index (χ3n) is 3.75. The van der Waals surface area contributed by atoms with Gasteiger partial charge in [0.1, 0.15) is 0 Å². The lowest BCUT2D eigenvalue weighted by Gasteiger charge is -1.99. The summed E-state index contributed by atoms with van der Waals surface area (Å²) in [6.07, 6.45) is 1.78. The lowest BCUT2D eigenvalue weighted by Crippen LogP contribution is -2.01. The highest BCUT2D eigenvalue weighted by Gasteiger charge is 2.14. The molecule has 0 atom stereocenters. The van der Waals surface area contributed by atoms with Gasteiger partial charge in [-0.05, 0) is 30.4 Å². The van der Waals surface area contributed by atoms with Crippen molar-refractivity contribution in [3.05, 3.63) is 70.3 Å². The van der Waals surface area contributed by atoms with Crippen LogP contribution >= 0.6 is 35.3 Å². The number of aromatic amines is 1. The number of para-hydroxylation sites is 2. The maximum Gasteiger partial charge on any atom is 0.184 e. The molecule has 1 N–H and O–H groups in total. The molecular formula is C18H13N3OS3. The summed E-state index contributed by atoms with van der Waals surface area (Å²) >= 11 is 8.24. The van der Waals surface area contributed by atoms with Crippen LogP contribution in [0.2, 0.25) is 0 Å². The molecule has 2 aromatic heterocycles. The van der Waals surface area contributed by atoms with Crippen molar-refractivity contribution in [3.8, 4) is 5.69 Å². The van der Waals surface area contributed by atoms with E-state index in [1.807, 2.05) is 54.6 Å². The third kappa shape index (κ3) is 3.30. The number of nitrogens with one attached hydrogen (secondary N) is 1. The lowest BCUT2D eigenvalue weighted by atomic mass is 10.1. The Hall–Kier alpha value is -2.22. The van der Waals surface area contributed by atoms with Crippen molar-refractivity contribution < 1.29 is 4.79 Å². The van der Waals surface area contributed by atoms with Crippen LogP contribution in [0.15, 0.2) is 65.1 Å². The quantitative estimate of drug-likeness (QED) is 0.295. The summed E-state index contributed by atoms with van der Waals surface area (Å²) in [5, 5.41) is 5.48. The predicted octanol–water partition coefficient (Wildman–Crippen LogP) is 5.12. The Morgan fingerprint density at radius 3 is 2.76 bits per heavy atom. The molecule has 0 aliphatic heterocycles. The number of H-pyrrole nitrogens is 1. The van der Waals surface area contributed by atoms with E-state index in [2.05, 4.69) is 10.1 Å². The number of aromatic nitrogens is 3. The van der Waals surface area contributed by atoms with E-state index in [0.717, 1.165) is 20.9 Å². The summed E-state index contributed by atoms with van der Waals surface area (Å²) in [6.45, 7) is 0. The van der Waals surface area contributed by atoms with E-state index in [1.54, 1.807) is 10.9 Å². The molecule has 0 unspecified atom stereocenters. The molecule has 0 aliphatic rings. The largest absolute Gasteiger partial charge is 0.360 e.